The first-order chi connectivity index (χ1) is 20.5. The summed E-state index contributed by atoms with van der Waals surface area (Å²) in [6.45, 7) is 10.2. The maximum atomic E-state index is 14.7. The molecule has 0 radical (unpaired) electrons. The summed E-state index contributed by atoms with van der Waals surface area (Å²) in [5.74, 6) is -0.939. The van der Waals surface area contributed by atoms with Gasteiger partial charge in [0.25, 0.3) is 5.91 Å². The van der Waals surface area contributed by atoms with E-state index in [2.05, 4.69) is 47.2 Å². The van der Waals surface area contributed by atoms with Gasteiger partial charge in [0.15, 0.2) is 6.23 Å². The molecule has 42 heavy (non-hydrogen) atoms. The second-order valence-corrected chi connectivity index (χ2v) is 11.5. The van der Waals surface area contributed by atoms with Gasteiger partial charge in [-0.05, 0) is 99.5 Å². The monoisotopic (exact) mass is 587 g/mol. The van der Waals surface area contributed by atoms with E-state index in [1.807, 2.05) is 42.1 Å². The lowest BCUT2D eigenvalue weighted by atomic mass is 10.1. The molecule has 1 aliphatic rings. The Balaban J connectivity index is 1.41. The molecule has 3 heterocycles. The number of nitrogens with zero attached hydrogens (tertiary/aromatic N) is 4. The van der Waals surface area contributed by atoms with Gasteiger partial charge in [-0.2, -0.15) is 5.10 Å². The Morgan fingerprint density at radius 3 is 2.60 bits per heavy atom. The van der Waals surface area contributed by atoms with E-state index >= 15 is 0 Å². The molecule has 220 valence electrons. The molecule has 1 fully saturated rings. The van der Waals surface area contributed by atoms with Gasteiger partial charge in [0.1, 0.15) is 5.82 Å². The van der Waals surface area contributed by atoms with E-state index in [9.17, 15) is 9.18 Å². The van der Waals surface area contributed by atoms with E-state index in [4.69, 9.17) is 9.84 Å². The normalized spacial score (nSPS) is 15.6. The predicted molar refractivity (Wildman–Crippen MR) is 167 cm³/mol. The summed E-state index contributed by atoms with van der Waals surface area (Å²) in [6, 6.07) is 15.1. The van der Waals surface area contributed by atoms with Crippen LogP contribution in [0.1, 0.15) is 73.6 Å². The maximum Gasteiger partial charge on any atom is 0.254 e. The van der Waals surface area contributed by atoms with Crippen LogP contribution in [0.5, 0.6) is 0 Å². The first kappa shape index (κ1) is 29.9. The van der Waals surface area contributed by atoms with Crippen LogP contribution in [0.4, 0.5) is 4.39 Å². The molecule has 1 saturated heterocycles. The van der Waals surface area contributed by atoms with Gasteiger partial charge in [-0.25, -0.2) is 9.07 Å². The second kappa shape index (κ2) is 14.1. The molecule has 2 aromatic carbocycles. The second-order valence-electron chi connectivity index (χ2n) is 10.3. The van der Waals surface area contributed by atoms with Crippen molar-refractivity contribution in [3.63, 3.8) is 0 Å². The van der Waals surface area contributed by atoms with Gasteiger partial charge in [0, 0.05) is 41.1 Å². The third-order valence-electron chi connectivity index (χ3n) is 7.45. The lowest BCUT2D eigenvalue weighted by Gasteiger charge is -2.23. The molecule has 2 aromatic heterocycles. The topological polar surface area (TPSA) is 72.3 Å². The molecule has 9 heteroatoms. The van der Waals surface area contributed by atoms with Crippen molar-refractivity contribution in [1.82, 2.24) is 25.0 Å². The number of benzene rings is 2. The van der Waals surface area contributed by atoms with Crippen LogP contribution in [0.25, 0.3) is 23.1 Å². The van der Waals surface area contributed by atoms with E-state index in [-0.39, 0.29) is 11.8 Å². The average molecular weight is 588 g/mol. The number of hydrogen-bond acceptors (Lipinski definition) is 6. The summed E-state index contributed by atoms with van der Waals surface area (Å²) in [7, 11) is 0. The standard InChI is InChI=1S/C33H38FN5O2S/c1-4-35-33(40)27-15-13-25(19-29(27)34)42-26-14-16-28-30(37-39(31(28)20-26)32-9-7-8-18-41-32)17-12-24-11-10-23(21-36-24)22-38(5-2)6-3/h10-17,19-21,32H,4-9,18,22H2,1-3H3,(H,35,40)/b17-12+. The molecule has 5 rings (SSSR count). The summed E-state index contributed by atoms with van der Waals surface area (Å²) in [5, 5.41) is 8.64. The third kappa shape index (κ3) is 7.09. The number of amides is 1. The van der Waals surface area contributed by atoms with Crippen LogP contribution in [-0.4, -0.2) is 51.8 Å². The highest BCUT2D eigenvalue weighted by Gasteiger charge is 2.21. The van der Waals surface area contributed by atoms with Crippen molar-refractivity contribution in [2.24, 2.45) is 0 Å². The Hall–Kier alpha value is -3.53. The van der Waals surface area contributed by atoms with Crippen LogP contribution >= 0.6 is 11.8 Å². The average Bonchev–Trinajstić information content (AvgIpc) is 3.37. The van der Waals surface area contributed by atoms with Crippen molar-refractivity contribution in [3.8, 4) is 0 Å². The van der Waals surface area contributed by atoms with Gasteiger partial charge in [-0.1, -0.05) is 31.7 Å². The quantitative estimate of drug-likeness (QED) is 0.200. The number of fused-ring (bicyclic) bond motifs is 1. The molecule has 0 aliphatic carbocycles. The molecule has 0 spiro atoms. The van der Waals surface area contributed by atoms with Crippen molar-refractivity contribution in [3.05, 3.63) is 83.1 Å². The van der Waals surface area contributed by atoms with Crippen LogP contribution in [0.3, 0.4) is 0 Å². The first-order valence-electron chi connectivity index (χ1n) is 14.7. The number of nitrogens with one attached hydrogen (secondary N) is 1. The molecule has 1 atom stereocenters. The molecule has 1 amide bonds. The van der Waals surface area contributed by atoms with Gasteiger partial charge in [-0.15, -0.1) is 0 Å². The van der Waals surface area contributed by atoms with Gasteiger partial charge in [-0.3, -0.25) is 14.7 Å². The molecule has 1 N–H and O–H groups in total. The van der Waals surface area contributed by atoms with Gasteiger partial charge in [0.05, 0.1) is 22.5 Å². The van der Waals surface area contributed by atoms with Crippen molar-refractivity contribution in [2.45, 2.75) is 62.6 Å². The largest absolute Gasteiger partial charge is 0.356 e. The minimum Gasteiger partial charge on any atom is -0.356 e. The van der Waals surface area contributed by atoms with E-state index in [1.165, 1.54) is 29.5 Å². The number of carbonyl (C=O) groups is 1. The molecule has 4 aromatic rings. The van der Waals surface area contributed by atoms with E-state index in [0.29, 0.717) is 13.2 Å². The zero-order valence-corrected chi connectivity index (χ0v) is 25.3. The highest BCUT2D eigenvalue weighted by Crippen LogP contribution is 2.35. The number of aromatic nitrogens is 3. The minimum absolute atomic E-state index is 0.0497. The van der Waals surface area contributed by atoms with Crippen molar-refractivity contribution < 1.29 is 13.9 Å². The third-order valence-corrected chi connectivity index (χ3v) is 8.43. The summed E-state index contributed by atoms with van der Waals surface area (Å²) < 4.78 is 22.8. The van der Waals surface area contributed by atoms with Crippen molar-refractivity contribution >= 4 is 40.7 Å². The highest BCUT2D eigenvalue weighted by molar-refractivity contribution is 7.99. The SMILES string of the molecule is CCNC(=O)c1ccc(Sc2ccc3c(/C=C/c4ccc(CN(CC)CC)cn4)nn(C4CCCCO4)c3c2)cc1F. The summed E-state index contributed by atoms with van der Waals surface area (Å²) in [4.78, 5) is 20.8. The van der Waals surface area contributed by atoms with Crippen molar-refractivity contribution in [1.29, 1.82) is 0 Å². The smallest absolute Gasteiger partial charge is 0.254 e. The number of rotatable bonds is 11. The number of hydrogen-bond donors (Lipinski definition) is 1. The van der Waals surface area contributed by atoms with Gasteiger partial charge >= 0.3 is 0 Å². The molecule has 7 nitrogen and oxygen atoms in total. The number of carbonyl (C=O) groups excluding carboxylic acids is 1. The Morgan fingerprint density at radius 1 is 1.10 bits per heavy atom. The Morgan fingerprint density at radius 2 is 1.90 bits per heavy atom. The van der Waals surface area contributed by atoms with Crippen LogP contribution < -0.4 is 5.32 Å². The first-order valence-corrected chi connectivity index (χ1v) is 15.6. The fourth-order valence-electron chi connectivity index (χ4n) is 5.10. The summed E-state index contributed by atoms with van der Waals surface area (Å²) >= 11 is 1.45. The summed E-state index contributed by atoms with van der Waals surface area (Å²) in [6.07, 6.45) is 8.87. The highest BCUT2D eigenvalue weighted by atomic mass is 32.2. The fourth-order valence-corrected chi connectivity index (χ4v) is 5.97. The van der Waals surface area contributed by atoms with Crippen LogP contribution in [-0.2, 0) is 11.3 Å². The zero-order valence-electron chi connectivity index (χ0n) is 24.5. The minimum atomic E-state index is -0.533. The molecular weight excluding hydrogens is 549 g/mol. The van der Waals surface area contributed by atoms with E-state index in [1.54, 1.807) is 6.07 Å². The number of ether oxygens (including phenoxy) is 1. The van der Waals surface area contributed by atoms with Crippen molar-refractivity contribution in [2.75, 3.05) is 26.2 Å². The Labute approximate surface area is 251 Å². The zero-order chi connectivity index (χ0) is 29.5. The number of halogens is 1. The Bertz CT molecular complexity index is 1540. The molecule has 1 unspecified atom stereocenters. The van der Waals surface area contributed by atoms with Crippen LogP contribution in [0, 0.1) is 5.82 Å². The molecule has 1 aliphatic heterocycles. The lowest BCUT2D eigenvalue weighted by molar-refractivity contribution is -0.0367. The molecule has 0 bridgehead atoms. The maximum absolute atomic E-state index is 14.7. The number of pyridine rings is 1. The van der Waals surface area contributed by atoms with Crippen LogP contribution in [0.15, 0.2) is 64.5 Å². The van der Waals surface area contributed by atoms with E-state index < -0.39 is 11.7 Å². The Kier molecular flexibility index (Phi) is 10.0. The molecule has 0 saturated carbocycles. The van der Waals surface area contributed by atoms with Crippen LogP contribution in [0.2, 0.25) is 0 Å². The fraction of sp³-hybridized carbons (Fsp3) is 0.364. The lowest BCUT2D eigenvalue weighted by Crippen LogP contribution is -2.23. The molecular formula is C33H38FN5O2S. The summed E-state index contributed by atoms with van der Waals surface area (Å²) in [5.41, 5.74) is 3.94. The van der Waals surface area contributed by atoms with E-state index in [0.717, 1.165) is 71.0 Å². The van der Waals surface area contributed by atoms with Gasteiger partial charge in [0.2, 0.25) is 0 Å². The predicted octanol–water partition coefficient (Wildman–Crippen LogP) is 7.18. The van der Waals surface area contributed by atoms with Gasteiger partial charge < -0.3 is 10.1 Å².